The molecule has 2 rings (SSSR count). The summed E-state index contributed by atoms with van der Waals surface area (Å²) in [5.41, 5.74) is 7.04. The number of rotatable bonds is 5. The molecule has 0 aliphatic carbocycles. The zero-order valence-electron chi connectivity index (χ0n) is 13.9. The second kappa shape index (κ2) is 7.36. The Morgan fingerprint density at radius 2 is 2.26 bits per heavy atom. The summed E-state index contributed by atoms with van der Waals surface area (Å²) in [6.07, 6.45) is 0.884. The highest BCUT2D eigenvalue weighted by Gasteiger charge is 2.30. The summed E-state index contributed by atoms with van der Waals surface area (Å²) in [5, 5.41) is 12.8. The van der Waals surface area contributed by atoms with Crippen molar-refractivity contribution in [2.24, 2.45) is 16.6 Å². The molecule has 6 heteroatoms. The van der Waals surface area contributed by atoms with E-state index in [1.807, 2.05) is 39.0 Å². The molecular formula is C17H25N3O2S. The number of aliphatic hydroxyl groups excluding tert-OH is 1. The lowest BCUT2D eigenvalue weighted by molar-refractivity contribution is 0.0896. The molecule has 0 saturated heterocycles. The predicted octanol–water partition coefficient (Wildman–Crippen LogP) is 2.10. The topological polar surface area (TPSA) is 87.7 Å². The van der Waals surface area contributed by atoms with E-state index in [0.717, 1.165) is 17.7 Å². The summed E-state index contributed by atoms with van der Waals surface area (Å²) in [6, 6.07) is 7.25. The number of nitrogens with one attached hydrogen (secondary N) is 1. The molecule has 23 heavy (non-hydrogen) atoms. The summed E-state index contributed by atoms with van der Waals surface area (Å²) >= 11 is 1.56. The minimum atomic E-state index is -0.389. The molecule has 0 fully saturated rings. The standard InChI is InChI=1S/C17H25N3O2S/c1-11(2)14(10-21)19-15(22)12-5-4-6-13(9-12)17(3)7-8-23-16(18)20-17/h4-6,9,11,14,21H,7-8,10H2,1-3H3,(H2,18,20)(H,19,22). The Morgan fingerprint density at radius 3 is 2.87 bits per heavy atom. The average Bonchev–Trinajstić information content (AvgIpc) is 2.52. The second-order valence-electron chi connectivity index (χ2n) is 6.41. The molecule has 0 aromatic heterocycles. The number of hydrogen-bond acceptors (Lipinski definition) is 5. The van der Waals surface area contributed by atoms with Gasteiger partial charge < -0.3 is 16.2 Å². The quantitative estimate of drug-likeness (QED) is 0.769. The molecule has 1 aromatic rings. The number of benzene rings is 1. The van der Waals surface area contributed by atoms with Crippen molar-refractivity contribution in [3.05, 3.63) is 35.4 Å². The first-order chi connectivity index (χ1) is 10.9. The minimum Gasteiger partial charge on any atom is -0.394 e. The molecule has 1 aliphatic heterocycles. The summed E-state index contributed by atoms with van der Waals surface area (Å²) in [6.45, 7) is 5.91. The normalized spacial score (nSPS) is 22.6. The highest BCUT2D eigenvalue weighted by molar-refractivity contribution is 8.13. The van der Waals surface area contributed by atoms with Gasteiger partial charge in [0.1, 0.15) is 0 Å². The van der Waals surface area contributed by atoms with Gasteiger partial charge in [-0.3, -0.25) is 9.79 Å². The van der Waals surface area contributed by atoms with Gasteiger partial charge in [-0.25, -0.2) is 0 Å². The van der Waals surface area contributed by atoms with E-state index in [0.29, 0.717) is 10.7 Å². The number of amides is 1. The first-order valence-corrected chi connectivity index (χ1v) is 8.84. The van der Waals surface area contributed by atoms with Crippen molar-refractivity contribution in [1.29, 1.82) is 0 Å². The van der Waals surface area contributed by atoms with Crippen LogP contribution in [-0.4, -0.2) is 34.6 Å². The summed E-state index contributed by atoms with van der Waals surface area (Å²) in [4.78, 5) is 17.0. The Morgan fingerprint density at radius 1 is 1.52 bits per heavy atom. The van der Waals surface area contributed by atoms with Gasteiger partial charge in [0.25, 0.3) is 5.91 Å². The molecule has 0 saturated carbocycles. The van der Waals surface area contributed by atoms with Crippen molar-refractivity contribution >= 4 is 22.8 Å². The Labute approximate surface area is 141 Å². The molecule has 0 bridgehead atoms. The van der Waals surface area contributed by atoms with Crippen LogP contribution in [-0.2, 0) is 5.54 Å². The van der Waals surface area contributed by atoms with Gasteiger partial charge in [0, 0.05) is 11.3 Å². The number of thioether (sulfide) groups is 1. The van der Waals surface area contributed by atoms with E-state index in [-0.39, 0.29) is 30.0 Å². The third-order valence-corrected chi connectivity index (χ3v) is 5.06. The smallest absolute Gasteiger partial charge is 0.251 e. The fourth-order valence-electron chi connectivity index (χ4n) is 2.56. The van der Waals surface area contributed by atoms with Crippen LogP contribution in [0.25, 0.3) is 0 Å². The zero-order chi connectivity index (χ0) is 17.0. The van der Waals surface area contributed by atoms with Gasteiger partial charge in [-0.1, -0.05) is 37.7 Å². The van der Waals surface area contributed by atoms with Crippen molar-refractivity contribution in [3.63, 3.8) is 0 Å². The fraction of sp³-hybridized carbons (Fsp3) is 0.529. The van der Waals surface area contributed by atoms with E-state index in [1.165, 1.54) is 0 Å². The molecule has 4 N–H and O–H groups in total. The second-order valence-corrected chi connectivity index (χ2v) is 7.52. The average molecular weight is 335 g/mol. The first kappa shape index (κ1) is 17.8. The monoisotopic (exact) mass is 335 g/mol. The van der Waals surface area contributed by atoms with Gasteiger partial charge in [0.05, 0.1) is 18.2 Å². The van der Waals surface area contributed by atoms with Crippen LogP contribution in [0.3, 0.4) is 0 Å². The number of carbonyl (C=O) groups is 1. The van der Waals surface area contributed by atoms with Crippen LogP contribution in [0.15, 0.2) is 29.3 Å². The number of nitrogens with two attached hydrogens (primary N) is 1. The number of hydrogen-bond donors (Lipinski definition) is 3. The van der Waals surface area contributed by atoms with Crippen LogP contribution in [0, 0.1) is 5.92 Å². The Hall–Kier alpha value is -1.53. The van der Waals surface area contributed by atoms with Crippen molar-refractivity contribution in [2.75, 3.05) is 12.4 Å². The number of aliphatic imine (C=N–C) groups is 1. The lowest BCUT2D eigenvalue weighted by Crippen LogP contribution is -2.41. The van der Waals surface area contributed by atoms with Gasteiger partial charge in [-0.15, -0.1) is 0 Å². The maximum Gasteiger partial charge on any atom is 0.251 e. The van der Waals surface area contributed by atoms with Crippen LogP contribution >= 0.6 is 11.8 Å². The van der Waals surface area contributed by atoms with E-state index in [9.17, 15) is 9.90 Å². The van der Waals surface area contributed by atoms with Crippen molar-refractivity contribution in [2.45, 2.75) is 38.8 Å². The summed E-state index contributed by atoms with van der Waals surface area (Å²) in [7, 11) is 0. The van der Waals surface area contributed by atoms with E-state index in [2.05, 4.69) is 10.3 Å². The van der Waals surface area contributed by atoms with E-state index in [1.54, 1.807) is 17.8 Å². The minimum absolute atomic E-state index is 0.0706. The van der Waals surface area contributed by atoms with Gasteiger partial charge in [0.15, 0.2) is 5.17 Å². The molecular weight excluding hydrogens is 310 g/mol. The summed E-state index contributed by atoms with van der Waals surface area (Å²) in [5.74, 6) is 0.914. The molecule has 0 spiro atoms. The van der Waals surface area contributed by atoms with Crippen molar-refractivity contribution in [1.82, 2.24) is 5.32 Å². The maximum absolute atomic E-state index is 12.4. The Bertz CT molecular complexity index is 603. The van der Waals surface area contributed by atoms with Crippen molar-refractivity contribution < 1.29 is 9.90 Å². The fourth-order valence-corrected chi connectivity index (χ4v) is 3.54. The SMILES string of the molecule is CC(C)C(CO)NC(=O)c1cccc(C2(C)CCSC(N)=N2)c1. The van der Waals surface area contributed by atoms with Crippen LogP contribution in [0.2, 0.25) is 0 Å². The molecule has 1 heterocycles. The first-order valence-electron chi connectivity index (χ1n) is 7.86. The van der Waals surface area contributed by atoms with Crippen LogP contribution in [0.4, 0.5) is 0 Å². The lowest BCUT2D eigenvalue weighted by atomic mass is 9.88. The zero-order valence-corrected chi connectivity index (χ0v) is 14.7. The number of carbonyl (C=O) groups excluding carboxylic acids is 1. The van der Waals surface area contributed by atoms with Crippen LogP contribution in [0.5, 0.6) is 0 Å². The van der Waals surface area contributed by atoms with Gasteiger partial charge >= 0.3 is 0 Å². The Kier molecular flexibility index (Phi) is 5.70. The number of amidine groups is 1. The van der Waals surface area contributed by atoms with Crippen LogP contribution < -0.4 is 11.1 Å². The Balaban J connectivity index is 2.23. The molecule has 2 unspecified atom stereocenters. The number of aliphatic hydroxyl groups is 1. The van der Waals surface area contributed by atoms with Gasteiger partial charge in [-0.2, -0.15) is 0 Å². The molecule has 5 nitrogen and oxygen atoms in total. The molecule has 0 radical (unpaired) electrons. The largest absolute Gasteiger partial charge is 0.394 e. The number of nitrogens with zero attached hydrogens (tertiary/aromatic N) is 1. The third kappa shape index (κ3) is 4.26. The van der Waals surface area contributed by atoms with Gasteiger partial charge in [-0.05, 0) is 37.0 Å². The molecule has 1 amide bonds. The van der Waals surface area contributed by atoms with Gasteiger partial charge in [0.2, 0.25) is 0 Å². The lowest BCUT2D eigenvalue weighted by Gasteiger charge is -2.30. The molecule has 2 atom stereocenters. The highest BCUT2D eigenvalue weighted by atomic mass is 32.2. The highest BCUT2D eigenvalue weighted by Crippen LogP contribution is 2.35. The van der Waals surface area contributed by atoms with E-state index in [4.69, 9.17) is 5.73 Å². The molecule has 1 aromatic carbocycles. The predicted molar refractivity (Wildman–Crippen MR) is 95.7 cm³/mol. The van der Waals surface area contributed by atoms with Crippen molar-refractivity contribution in [3.8, 4) is 0 Å². The molecule has 1 aliphatic rings. The molecule has 126 valence electrons. The maximum atomic E-state index is 12.4. The third-order valence-electron chi connectivity index (χ3n) is 4.26. The van der Waals surface area contributed by atoms with Crippen LogP contribution in [0.1, 0.15) is 43.1 Å². The van der Waals surface area contributed by atoms with E-state index >= 15 is 0 Å². The summed E-state index contributed by atoms with van der Waals surface area (Å²) < 4.78 is 0. The van der Waals surface area contributed by atoms with E-state index < -0.39 is 0 Å².